The molecule has 1 N–H and O–H groups in total. The maximum Gasteiger partial charge on any atom is 0.335 e. The lowest BCUT2D eigenvalue weighted by Crippen LogP contribution is -2.38. The van der Waals surface area contributed by atoms with Crippen molar-refractivity contribution in [3.05, 3.63) is 82.3 Å². The zero-order valence-electron chi connectivity index (χ0n) is 23.4. The maximum atomic E-state index is 11.6. The molecule has 0 unspecified atom stereocenters. The summed E-state index contributed by atoms with van der Waals surface area (Å²) in [5, 5.41) is 17.7. The van der Waals surface area contributed by atoms with Gasteiger partial charge in [-0.2, -0.15) is 10.1 Å². The molecule has 5 aromatic rings. The summed E-state index contributed by atoms with van der Waals surface area (Å²) in [6, 6.07) is 14.4. The van der Waals surface area contributed by atoms with Crippen molar-refractivity contribution < 1.29 is 23.8 Å². The Labute approximate surface area is 251 Å². The number of imidazole rings is 1. The fraction of sp³-hybridized carbons (Fsp3) is 0.290. The predicted molar refractivity (Wildman–Crippen MR) is 162 cm³/mol. The molecular weight excluding hydrogens is 572 g/mol. The van der Waals surface area contributed by atoms with Crippen molar-refractivity contribution in [3.63, 3.8) is 0 Å². The number of ether oxygens (including phenoxy) is 2. The Morgan fingerprint density at radius 2 is 2.05 bits per heavy atom. The van der Waals surface area contributed by atoms with Gasteiger partial charge in [-0.25, -0.2) is 9.78 Å². The first kappa shape index (κ1) is 27.2. The Kier molecular flexibility index (Phi) is 7.12. The summed E-state index contributed by atoms with van der Waals surface area (Å²) in [6.45, 7) is 5.41. The van der Waals surface area contributed by atoms with Gasteiger partial charge in [-0.15, -0.1) is 0 Å². The van der Waals surface area contributed by atoms with Gasteiger partial charge in [-0.1, -0.05) is 23.7 Å². The molecule has 0 amide bonds. The molecular formula is C31H29ClN6O5. The van der Waals surface area contributed by atoms with E-state index < -0.39 is 5.97 Å². The lowest BCUT2D eigenvalue weighted by atomic mass is 10.1. The minimum absolute atomic E-state index is 0.0967. The number of carboxylic acids is 1. The van der Waals surface area contributed by atoms with Crippen LogP contribution in [-0.2, 0) is 24.4 Å². The third-order valence-electron chi connectivity index (χ3n) is 7.85. The number of anilines is 1. The Balaban J connectivity index is 1.05. The molecule has 43 heavy (non-hydrogen) atoms. The summed E-state index contributed by atoms with van der Waals surface area (Å²) >= 11 is 6.36. The molecule has 11 nitrogen and oxygen atoms in total. The van der Waals surface area contributed by atoms with Crippen LogP contribution in [0.4, 0.5) is 5.82 Å². The van der Waals surface area contributed by atoms with E-state index in [1.165, 1.54) is 0 Å². The number of benzene rings is 2. The van der Waals surface area contributed by atoms with Gasteiger partial charge >= 0.3 is 5.97 Å². The minimum Gasteiger partial charge on any atom is -0.478 e. The second-order valence-corrected chi connectivity index (χ2v) is 11.1. The van der Waals surface area contributed by atoms with Crippen molar-refractivity contribution in [3.8, 4) is 5.88 Å². The van der Waals surface area contributed by atoms with Gasteiger partial charge in [0.05, 0.1) is 53.6 Å². The standard InChI is InChI=1S/C31H29ClN6O5/c1-19-16-43-30-21(5-7-23(32)29(19)30)17-42-28-4-2-3-26(35-28)36-10-11-37(33-18-36)15-27-34-24-8-6-20(31(39)40)13-25(24)38(27)14-22-9-12-41-22/h2-8,13,16,18,22H,9-12,14-15,17H2,1H3,(H,39,40)/t22-/m0/s1. The van der Waals surface area contributed by atoms with E-state index in [9.17, 15) is 9.90 Å². The molecule has 5 heterocycles. The summed E-state index contributed by atoms with van der Waals surface area (Å²) in [6.07, 6.45) is 4.52. The van der Waals surface area contributed by atoms with Gasteiger partial charge in [-0.05, 0) is 49.2 Å². The maximum absolute atomic E-state index is 11.6. The van der Waals surface area contributed by atoms with Gasteiger partial charge in [0.25, 0.3) is 0 Å². The van der Waals surface area contributed by atoms with Crippen molar-refractivity contribution in [2.24, 2.45) is 5.10 Å². The molecule has 12 heteroatoms. The van der Waals surface area contributed by atoms with Gasteiger partial charge < -0.3 is 28.5 Å². The molecule has 1 fully saturated rings. The zero-order valence-corrected chi connectivity index (χ0v) is 24.2. The predicted octanol–water partition coefficient (Wildman–Crippen LogP) is 5.47. The molecule has 0 aliphatic carbocycles. The van der Waals surface area contributed by atoms with Crippen molar-refractivity contribution >= 4 is 51.7 Å². The number of aromatic nitrogens is 3. The Morgan fingerprint density at radius 1 is 1.16 bits per heavy atom. The highest BCUT2D eigenvalue weighted by Crippen LogP contribution is 2.32. The second kappa shape index (κ2) is 11.2. The number of furan rings is 1. The van der Waals surface area contributed by atoms with Crippen LogP contribution in [0.25, 0.3) is 22.0 Å². The van der Waals surface area contributed by atoms with E-state index in [2.05, 4.69) is 9.67 Å². The Morgan fingerprint density at radius 3 is 2.81 bits per heavy atom. The van der Waals surface area contributed by atoms with Crippen molar-refractivity contribution in [1.82, 2.24) is 19.5 Å². The lowest BCUT2D eigenvalue weighted by Gasteiger charge is -2.30. The van der Waals surface area contributed by atoms with Crippen LogP contribution in [0, 0.1) is 6.92 Å². The molecule has 7 rings (SSSR count). The SMILES string of the molecule is Cc1coc2c(COc3cccc(N4C=NN(Cc5nc6ccc(C(=O)O)cc6n5C[C@@H]5CCO5)CC4)n3)ccc(Cl)c12. The van der Waals surface area contributed by atoms with Crippen LogP contribution in [0.1, 0.15) is 33.7 Å². The molecule has 1 saturated heterocycles. The largest absolute Gasteiger partial charge is 0.478 e. The monoisotopic (exact) mass is 600 g/mol. The quantitative estimate of drug-likeness (QED) is 0.235. The van der Waals surface area contributed by atoms with Crippen LogP contribution in [0.3, 0.4) is 0 Å². The molecule has 0 bridgehead atoms. The molecule has 0 radical (unpaired) electrons. The lowest BCUT2D eigenvalue weighted by molar-refractivity contribution is -0.0592. The molecule has 2 aromatic carbocycles. The van der Waals surface area contributed by atoms with Gasteiger partial charge in [0.2, 0.25) is 5.88 Å². The molecule has 220 valence electrons. The third-order valence-corrected chi connectivity index (χ3v) is 8.16. The first-order chi connectivity index (χ1) is 20.9. The van der Waals surface area contributed by atoms with Crippen LogP contribution < -0.4 is 9.64 Å². The smallest absolute Gasteiger partial charge is 0.335 e. The van der Waals surface area contributed by atoms with Crippen molar-refractivity contribution in [2.45, 2.75) is 39.1 Å². The summed E-state index contributed by atoms with van der Waals surface area (Å²) < 4.78 is 19.5. The number of carboxylic acid groups (broad SMARTS) is 1. The minimum atomic E-state index is -0.963. The molecule has 3 aromatic heterocycles. The molecule has 2 aliphatic rings. The topological polar surface area (TPSA) is 118 Å². The summed E-state index contributed by atoms with van der Waals surface area (Å²) in [7, 11) is 0. The number of pyridine rings is 1. The van der Waals surface area contributed by atoms with Crippen LogP contribution in [0.15, 0.2) is 64.3 Å². The van der Waals surface area contributed by atoms with Crippen LogP contribution in [-0.4, -0.2) is 62.8 Å². The Bertz CT molecular complexity index is 1860. The number of nitrogens with zero attached hydrogens (tertiary/aromatic N) is 6. The number of carbonyl (C=O) groups is 1. The van der Waals surface area contributed by atoms with E-state index in [1.807, 2.05) is 47.2 Å². The highest BCUT2D eigenvalue weighted by Gasteiger charge is 2.24. The number of aryl methyl sites for hydroxylation is 1. The van der Waals surface area contributed by atoms with Crippen LogP contribution in [0.2, 0.25) is 5.02 Å². The molecule has 2 aliphatic heterocycles. The fourth-order valence-corrected chi connectivity index (χ4v) is 5.71. The van der Waals surface area contributed by atoms with Crippen molar-refractivity contribution in [2.75, 3.05) is 24.6 Å². The van der Waals surface area contributed by atoms with Crippen molar-refractivity contribution in [1.29, 1.82) is 0 Å². The second-order valence-electron chi connectivity index (χ2n) is 10.7. The van der Waals surface area contributed by atoms with E-state index in [0.717, 1.165) is 57.8 Å². The average molecular weight is 601 g/mol. The molecule has 1 atom stereocenters. The number of fused-ring (bicyclic) bond motifs is 2. The van der Waals surface area contributed by atoms with Gasteiger partial charge in [0.1, 0.15) is 30.2 Å². The highest BCUT2D eigenvalue weighted by atomic mass is 35.5. The van der Waals surface area contributed by atoms with E-state index in [0.29, 0.717) is 43.7 Å². The van der Waals surface area contributed by atoms with E-state index in [1.54, 1.807) is 30.8 Å². The summed E-state index contributed by atoms with van der Waals surface area (Å²) in [5.41, 5.74) is 4.37. The number of hydrazone groups is 1. The van der Waals surface area contributed by atoms with E-state index in [-0.39, 0.29) is 11.7 Å². The zero-order chi connectivity index (χ0) is 29.5. The average Bonchev–Trinajstić information content (AvgIpc) is 3.55. The number of hydrogen-bond acceptors (Lipinski definition) is 9. The van der Waals surface area contributed by atoms with Gasteiger partial charge in [-0.3, -0.25) is 5.01 Å². The normalized spacial score (nSPS) is 16.7. The first-order valence-electron chi connectivity index (χ1n) is 14.1. The van der Waals surface area contributed by atoms with E-state index >= 15 is 0 Å². The fourth-order valence-electron chi connectivity index (χ4n) is 5.41. The van der Waals surface area contributed by atoms with Gasteiger partial charge in [0.15, 0.2) is 0 Å². The number of rotatable bonds is 9. The first-order valence-corrected chi connectivity index (χ1v) is 14.5. The van der Waals surface area contributed by atoms with E-state index in [4.69, 9.17) is 35.5 Å². The van der Waals surface area contributed by atoms with Crippen LogP contribution in [0.5, 0.6) is 5.88 Å². The third kappa shape index (κ3) is 5.37. The molecule has 0 saturated carbocycles. The number of hydrogen-bond donors (Lipinski definition) is 1. The van der Waals surface area contributed by atoms with Gasteiger partial charge in [0, 0.05) is 30.2 Å². The number of aromatic carboxylic acids is 1. The van der Waals surface area contributed by atoms with Crippen LogP contribution >= 0.6 is 11.6 Å². The number of halogens is 1. The summed E-state index contributed by atoms with van der Waals surface area (Å²) in [5.74, 6) is 1.07. The Hall–Kier alpha value is -4.61. The molecule has 0 spiro atoms. The summed E-state index contributed by atoms with van der Waals surface area (Å²) in [4.78, 5) is 23.1. The highest BCUT2D eigenvalue weighted by molar-refractivity contribution is 6.35.